The average molecular weight is 255 g/mol. The minimum Gasteiger partial charge on any atom is -0.326 e. The summed E-state index contributed by atoms with van der Waals surface area (Å²) in [5, 5.41) is 3.47. The topological polar surface area (TPSA) is 29.9 Å². The van der Waals surface area contributed by atoms with Crippen molar-refractivity contribution in [3.05, 3.63) is 42.7 Å². The molecule has 1 heterocycles. The number of hydrogen-bond donors (Lipinski definition) is 1. The first-order valence-electron chi connectivity index (χ1n) is 7.15. The summed E-state index contributed by atoms with van der Waals surface area (Å²) in [6, 6.07) is 11.6. The zero-order chi connectivity index (χ0) is 13.1. The molecule has 0 aliphatic heterocycles. The van der Waals surface area contributed by atoms with Gasteiger partial charge in [-0.1, -0.05) is 43.2 Å². The Hall–Kier alpha value is -1.61. The second kappa shape index (κ2) is 5.57. The zero-order valence-corrected chi connectivity index (χ0v) is 11.4. The van der Waals surface area contributed by atoms with Gasteiger partial charge >= 0.3 is 0 Å². The van der Waals surface area contributed by atoms with Crippen LogP contribution in [-0.2, 0) is 0 Å². The molecule has 100 valence electrons. The van der Waals surface area contributed by atoms with Crippen molar-refractivity contribution in [3.63, 3.8) is 0 Å². The average Bonchev–Trinajstić information content (AvgIpc) is 2.97. The maximum atomic E-state index is 4.57. The fourth-order valence-electron chi connectivity index (χ4n) is 3.17. The van der Waals surface area contributed by atoms with E-state index in [4.69, 9.17) is 0 Å². The molecule has 2 unspecified atom stereocenters. The SMILES string of the molecule is CNC1CCCCC1n1ccnc1-c1ccccc1. The lowest BCUT2D eigenvalue weighted by Gasteiger charge is -2.33. The molecule has 1 aliphatic rings. The second-order valence-corrected chi connectivity index (χ2v) is 5.27. The largest absolute Gasteiger partial charge is 0.326 e. The summed E-state index contributed by atoms with van der Waals surface area (Å²) in [7, 11) is 2.07. The molecule has 1 aliphatic carbocycles. The summed E-state index contributed by atoms with van der Waals surface area (Å²) < 4.78 is 2.36. The maximum Gasteiger partial charge on any atom is 0.140 e. The number of aromatic nitrogens is 2. The highest BCUT2D eigenvalue weighted by molar-refractivity contribution is 5.55. The van der Waals surface area contributed by atoms with E-state index in [0.29, 0.717) is 12.1 Å². The molecule has 19 heavy (non-hydrogen) atoms. The van der Waals surface area contributed by atoms with Gasteiger partial charge in [0, 0.05) is 24.0 Å². The molecule has 1 fully saturated rings. The molecule has 1 aromatic carbocycles. The van der Waals surface area contributed by atoms with Crippen LogP contribution in [0.4, 0.5) is 0 Å². The van der Waals surface area contributed by atoms with Crippen molar-refractivity contribution in [3.8, 4) is 11.4 Å². The standard InChI is InChI=1S/C16H21N3/c1-17-14-9-5-6-10-15(14)19-12-11-18-16(19)13-7-3-2-4-8-13/h2-4,7-8,11-12,14-15,17H,5-6,9-10H2,1H3. The van der Waals surface area contributed by atoms with E-state index in [1.54, 1.807) is 0 Å². The van der Waals surface area contributed by atoms with Crippen LogP contribution < -0.4 is 5.32 Å². The molecule has 1 aromatic heterocycles. The normalized spacial score (nSPS) is 23.4. The van der Waals surface area contributed by atoms with E-state index < -0.39 is 0 Å². The monoisotopic (exact) mass is 255 g/mol. The molecular formula is C16H21N3. The highest BCUT2D eigenvalue weighted by Crippen LogP contribution is 2.32. The van der Waals surface area contributed by atoms with Gasteiger partial charge < -0.3 is 9.88 Å². The molecule has 0 bridgehead atoms. The maximum absolute atomic E-state index is 4.57. The van der Waals surface area contributed by atoms with Crippen LogP contribution in [0.15, 0.2) is 42.7 Å². The van der Waals surface area contributed by atoms with Crippen LogP contribution >= 0.6 is 0 Å². The molecule has 3 nitrogen and oxygen atoms in total. The summed E-state index contributed by atoms with van der Waals surface area (Å²) >= 11 is 0. The van der Waals surface area contributed by atoms with Crippen molar-refractivity contribution in [2.75, 3.05) is 7.05 Å². The minimum atomic E-state index is 0.524. The molecule has 0 radical (unpaired) electrons. The van der Waals surface area contributed by atoms with E-state index in [-0.39, 0.29) is 0 Å². The molecule has 2 atom stereocenters. The van der Waals surface area contributed by atoms with Gasteiger partial charge in [-0.15, -0.1) is 0 Å². The van der Waals surface area contributed by atoms with Gasteiger partial charge in [0.25, 0.3) is 0 Å². The molecule has 0 spiro atoms. The Morgan fingerprint density at radius 1 is 1.16 bits per heavy atom. The second-order valence-electron chi connectivity index (χ2n) is 5.27. The molecule has 0 saturated heterocycles. The van der Waals surface area contributed by atoms with Gasteiger partial charge in [0.1, 0.15) is 5.82 Å². The fourth-order valence-corrected chi connectivity index (χ4v) is 3.17. The van der Waals surface area contributed by atoms with E-state index in [0.717, 1.165) is 5.82 Å². The number of benzene rings is 1. The van der Waals surface area contributed by atoms with Gasteiger partial charge in [-0.05, 0) is 19.9 Å². The summed E-state index contributed by atoms with van der Waals surface area (Å²) in [6.45, 7) is 0. The predicted octanol–water partition coefficient (Wildman–Crippen LogP) is 3.25. The minimum absolute atomic E-state index is 0.524. The molecule has 3 rings (SSSR count). The van der Waals surface area contributed by atoms with Crippen molar-refractivity contribution in [1.29, 1.82) is 0 Å². The van der Waals surface area contributed by atoms with E-state index in [9.17, 15) is 0 Å². The Morgan fingerprint density at radius 3 is 2.74 bits per heavy atom. The highest BCUT2D eigenvalue weighted by Gasteiger charge is 2.26. The first-order valence-corrected chi connectivity index (χ1v) is 7.15. The molecule has 0 amide bonds. The summed E-state index contributed by atoms with van der Waals surface area (Å²) in [5.74, 6) is 1.09. The van der Waals surface area contributed by atoms with Gasteiger partial charge in [0.05, 0.1) is 6.04 Å². The van der Waals surface area contributed by atoms with Crippen LogP contribution in [0, 0.1) is 0 Å². The number of imidazole rings is 1. The van der Waals surface area contributed by atoms with Gasteiger partial charge in [0.15, 0.2) is 0 Å². The van der Waals surface area contributed by atoms with Crippen molar-refractivity contribution in [2.24, 2.45) is 0 Å². The quantitative estimate of drug-likeness (QED) is 0.912. The Morgan fingerprint density at radius 2 is 1.95 bits per heavy atom. The van der Waals surface area contributed by atoms with Crippen molar-refractivity contribution >= 4 is 0 Å². The smallest absolute Gasteiger partial charge is 0.140 e. The molecule has 2 aromatic rings. The lowest BCUT2D eigenvalue weighted by Crippen LogP contribution is -2.37. The highest BCUT2D eigenvalue weighted by atomic mass is 15.1. The van der Waals surface area contributed by atoms with E-state index in [1.807, 2.05) is 12.3 Å². The zero-order valence-electron chi connectivity index (χ0n) is 11.4. The number of nitrogens with zero attached hydrogens (tertiary/aromatic N) is 2. The summed E-state index contributed by atoms with van der Waals surface area (Å²) in [5.41, 5.74) is 1.20. The van der Waals surface area contributed by atoms with Crippen LogP contribution in [-0.4, -0.2) is 22.6 Å². The van der Waals surface area contributed by atoms with Crippen LogP contribution in [0.2, 0.25) is 0 Å². The molecule has 3 heteroatoms. The van der Waals surface area contributed by atoms with E-state index in [1.165, 1.54) is 31.2 Å². The third-order valence-electron chi connectivity index (χ3n) is 4.16. The van der Waals surface area contributed by atoms with Crippen LogP contribution in [0.5, 0.6) is 0 Å². The fraction of sp³-hybridized carbons (Fsp3) is 0.438. The lowest BCUT2D eigenvalue weighted by atomic mass is 9.90. The summed E-state index contributed by atoms with van der Waals surface area (Å²) in [4.78, 5) is 4.57. The van der Waals surface area contributed by atoms with Crippen molar-refractivity contribution < 1.29 is 0 Å². The van der Waals surface area contributed by atoms with Crippen molar-refractivity contribution in [1.82, 2.24) is 14.9 Å². The Labute approximate surface area is 114 Å². The Balaban J connectivity index is 1.95. The van der Waals surface area contributed by atoms with Gasteiger partial charge in [-0.3, -0.25) is 0 Å². The number of rotatable bonds is 3. The van der Waals surface area contributed by atoms with Crippen LogP contribution in [0.1, 0.15) is 31.7 Å². The van der Waals surface area contributed by atoms with Gasteiger partial charge in [0.2, 0.25) is 0 Å². The predicted molar refractivity (Wildman–Crippen MR) is 78.0 cm³/mol. The number of hydrogen-bond acceptors (Lipinski definition) is 2. The van der Waals surface area contributed by atoms with Crippen molar-refractivity contribution in [2.45, 2.75) is 37.8 Å². The molecular weight excluding hydrogens is 234 g/mol. The number of likely N-dealkylation sites (N-methyl/N-ethyl adjacent to an activating group) is 1. The van der Waals surface area contributed by atoms with Gasteiger partial charge in [-0.25, -0.2) is 4.98 Å². The molecule has 1 N–H and O–H groups in total. The Kier molecular flexibility index (Phi) is 3.65. The first-order chi connectivity index (χ1) is 9.40. The van der Waals surface area contributed by atoms with E-state index >= 15 is 0 Å². The third-order valence-corrected chi connectivity index (χ3v) is 4.16. The summed E-state index contributed by atoms with van der Waals surface area (Å²) in [6.07, 6.45) is 9.19. The lowest BCUT2D eigenvalue weighted by molar-refractivity contribution is 0.276. The van der Waals surface area contributed by atoms with Crippen LogP contribution in [0.3, 0.4) is 0 Å². The van der Waals surface area contributed by atoms with Crippen LogP contribution in [0.25, 0.3) is 11.4 Å². The van der Waals surface area contributed by atoms with Gasteiger partial charge in [-0.2, -0.15) is 0 Å². The third kappa shape index (κ3) is 2.43. The van der Waals surface area contributed by atoms with E-state index in [2.05, 4.69) is 52.4 Å². The Bertz CT molecular complexity index is 518. The number of nitrogens with one attached hydrogen (secondary N) is 1. The first kappa shape index (κ1) is 12.4. The molecule has 1 saturated carbocycles.